The van der Waals surface area contributed by atoms with E-state index in [-0.39, 0.29) is 5.92 Å². The van der Waals surface area contributed by atoms with Gasteiger partial charge in [-0.1, -0.05) is 125 Å². The lowest BCUT2D eigenvalue weighted by Gasteiger charge is -2.41. The number of rotatable bonds is 6. The number of hydrogen-bond donors (Lipinski definition) is 3. The third-order valence-electron chi connectivity index (χ3n) is 10.6. The lowest BCUT2D eigenvalue weighted by molar-refractivity contribution is 0.383. The van der Waals surface area contributed by atoms with Gasteiger partial charge in [0.25, 0.3) is 0 Å². The van der Waals surface area contributed by atoms with Gasteiger partial charge in [0.2, 0.25) is 0 Å². The van der Waals surface area contributed by atoms with E-state index in [1.807, 2.05) is 70.2 Å². The zero-order valence-electron chi connectivity index (χ0n) is 32.6. The summed E-state index contributed by atoms with van der Waals surface area (Å²) in [6, 6.07) is 37.9. The molecular weight excluding hydrogens is 677 g/mol. The van der Waals surface area contributed by atoms with E-state index in [0.29, 0.717) is 18.2 Å². The summed E-state index contributed by atoms with van der Waals surface area (Å²) in [4.78, 5) is 23.0. The van der Waals surface area contributed by atoms with Gasteiger partial charge in [0.1, 0.15) is 0 Å². The van der Waals surface area contributed by atoms with Crippen molar-refractivity contribution in [3.8, 4) is 0 Å². The van der Waals surface area contributed by atoms with E-state index in [4.69, 9.17) is 19.9 Å². The summed E-state index contributed by atoms with van der Waals surface area (Å²) < 4.78 is 0. The van der Waals surface area contributed by atoms with Crippen molar-refractivity contribution in [2.75, 3.05) is 27.4 Å². The van der Waals surface area contributed by atoms with Gasteiger partial charge in [-0.2, -0.15) is 0 Å². The molecule has 2 atom stereocenters. The quantitative estimate of drug-likeness (QED) is 0.157. The summed E-state index contributed by atoms with van der Waals surface area (Å²) in [6.07, 6.45) is 10.3. The second kappa shape index (κ2) is 16.4. The topological polar surface area (TPSA) is 90.9 Å². The molecule has 0 amide bonds. The Morgan fingerprint density at radius 3 is 1.91 bits per heavy atom. The van der Waals surface area contributed by atoms with Crippen LogP contribution in [0.1, 0.15) is 65.5 Å². The third-order valence-corrected chi connectivity index (χ3v) is 10.6. The monoisotopic (exact) mass is 726 g/mol. The first-order valence-electron chi connectivity index (χ1n) is 19.4. The van der Waals surface area contributed by atoms with Crippen molar-refractivity contribution >= 4 is 70.3 Å². The number of fused-ring (bicyclic) bond motifs is 3. The molecule has 2 aromatic heterocycles. The first-order valence-corrected chi connectivity index (χ1v) is 19.4. The van der Waals surface area contributed by atoms with Crippen molar-refractivity contribution < 1.29 is 0 Å². The Morgan fingerprint density at radius 2 is 1.24 bits per heavy atom. The van der Waals surface area contributed by atoms with E-state index >= 15 is 0 Å². The van der Waals surface area contributed by atoms with E-state index in [2.05, 4.69) is 126 Å². The minimum absolute atomic E-state index is 0.0810. The van der Waals surface area contributed by atoms with Gasteiger partial charge in [0, 0.05) is 34.7 Å². The maximum atomic E-state index is 5.30. The minimum Gasteiger partial charge on any atom is -0.337 e. The molecule has 3 heterocycles. The highest BCUT2D eigenvalue weighted by molar-refractivity contribution is 5.79. The smallest absolute Gasteiger partial charge is 0.177 e. The normalized spacial score (nSPS) is 17.9. The molecule has 0 radical (unpaired) electrons. The maximum absolute atomic E-state index is 5.30. The fraction of sp³-hybridized carbons (Fsp3) is 0.234. The molecule has 8 rings (SSSR count). The molecule has 4 aromatic carbocycles. The van der Waals surface area contributed by atoms with Crippen LogP contribution in [0, 0.1) is 5.92 Å². The SMILES string of the molecule is C/C=c1/nc(Nc2ccccc2)c(Nc2ccccc2C2(C)c3ccccc3Nc3nc4c(nc3N(c3ccccc3)CC2C)=CCCC=4)n/c1=C/C.CC. The average molecular weight is 727 g/mol. The van der Waals surface area contributed by atoms with E-state index < -0.39 is 5.41 Å². The summed E-state index contributed by atoms with van der Waals surface area (Å²) in [7, 11) is 0. The average Bonchev–Trinajstić information content (AvgIpc) is 3.27. The van der Waals surface area contributed by atoms with Crippen LogP contribution in [-0.2, 0) is 5.41 Å². The Balaban J connectivity index is 0.00000229. The number of nitrogens with one attached hydrogen (secondary N) is 3. The summed E-state index contributed by atoms with van der Waals surface area (Å²) in [6.45, 7) is 13.4. The molecular formula is C47H50N8. The number of para-hydroxylation sites is 4. The molecule has 278 valence electrons. The van der Waals surface area contributed by atoms with Crippen LogP contribution in [0.4, 0.5) is 46.0 Å². The van der Waals surface area contributed by atoms with Crippen molar-refractivity contribution in [3.05, 3.63) is 142 Å². The van der Waals surface area contributed by atoms with Crippen molar-refractivity contribution in [2.45, 2.75) is 59.8 Å². The van der Waals surface area contributed by atoms with Crippen LogP contribution < -0.4 is 42.2 Å². The van der Waals surface area contributed by atoms with E-state index in [0.717, 1.165) is 74.2 Å². The van der Waals surface area contributed by atoms with Crippen LogP contribution in [0.15, 0.2) is 109 Å². The summed E-state index contributed by atoms with van der Waals surface area (Å²) in [5.41, 5.74) is 5.77. The zero-order valence-corrected chi connectivity index (χ0v) is 32.6. The second-order valence-corrected chi connectivity index (χ2v) is 13.8. The molecule has 8 heteroatoms. The minimum atomic E-state index is -0.503. The molecule has 2 aliphatic rings. The van der Waals surface area contributed by atoms with E-state index in [1.54, 1.807) is 0 Å². The maximum Gasteiger partial charge on any atom is 0.177 e. The van der Waals surface area contributed by atoms with Crippen molar-refractivity contribution in [1.29, 1.82) is 0 Å². The van der Waals surface area contributed by atoms with Crippen molar-refractivity contribution in [2.24, 2.45) is 5.92 Å². The lowest BCUT2D eigenvalue weighted by atomic mass is 9.66. The van der Waals surface area contributed by atoms with Gasteiger partial charge in [-0.15, -0.1) is 0 Å². The van der Waals surface area contributed by atoms with Gasteiger partial charge in [-0.3, -0.25) is 0 Å². The predicted molar refractivity (Wildman–Crippen MR) is 231 cm³/mol. The lowest BCUT2D eigenvalue weighted by Crippen LogP contribution is -2.40. The number of benzene rings is 4. The Bertz CT molecular complexity index is 2540. The van der Waals surface area contributed by atoms with Gasteiger partial charge in [-0.25, -0.2) is 19.9 Å². The van der Waals surface area contributed by atoms with E-state index in [1.165, 1.54) is 5.56 Å². The predicted octanol–water partition coefficient (Wildman–Crippen LogP) is 8.57. The molecule has 2 unspecified atom stereocenters. The van der Waals surface area contributed by atoms with Gasteiger partial charge in [0.15, 0.2) is 23.3 Å². The van der Waals surface area contributed by atoms with Crippen LogP contribution in [0.2, 0.25) is 0 Å². The molecule has 8 nitrogen and oxygen atoms in total. The molecule has 0 bridgehead atoms. The molecule has 0 saturated carbocycles. The van der Waals surface area contributed by atoms with Crippen LogP contribution in [0.25, 0.3) is 24.3 Å². The van der Waals surface area contributed by atoms with Gasteiger partial charge >= 0.3 is 0 Å². The Morgan fingerprint density at radius 1 is 0.673 bits per heavy atom. The molecule has 0 spiro atoms. The first kappa shape index (κ1) is 37.1. The number of anilines is 8. The van der Waals surface area contributed by atoms with Gasteiger partial charge in [0.05, 0.1) is 21.4 Å². The van der Waals surface area contributed by atoms with Crippen LogP contribution in [0.3, 0.4) is 0 Å². The molecule has 6 aromatic rings. The van der Waals surface area contributed by atoms with E-state index in [9.17, 15) is 0 Å². The first-order chi connectivity index (χ1) is 27.0. The van der Waals surface area contributed by atoms with Gasteiger partial charge in [-0.05, 0) is 80.1 Å². The molecule has 1 aliphatic heterocycles. The number of nitrogens with zero attached hydrogens (tertiary/aromatic N) is 5. The largest absolute Gasteiger partial charge is 0.337 e. The fourth-order valence-corrected chi connectivity index (χ4v) is 7.58. The Hall–Kier alpha value is -6.28. The van der Waals surface area contributed by atoms with Gasteiger partial charge < -0.3 is 20.9 Å². The molecule has 55 heavy (non-hydrogen) atoms. The van der Waals surface area contributed by atoms with Crippen LogP contribution in [0.5, 0.6) is 0 Å². The third kappa shape index (κ3) is 7.32. The van der Waals surface area contributed by atoms with Crippen LogP contribution >= 0.6 is 0 Å². The highest BCUT2D eigenvalue weighted by atomic mass is 15.2. The summed E-state index contributed by atoms with van der Waals surface area (Å²) >= 11 is 0. The highest BCUT2D eigenvalue weighted by Crippen LogP contribution is 2.48. The summed E-state index contributed by atoms with van der Waals surface area (Å²) in [5, 5.41) is 14.6. The second-order valence-electron chi connectivity index (χ2n) is 13.8. The Kier molecular flexibility index (Phi) is 11.0. The number of aromatic nitrogens is 4. The molecule has 0 fully saturated rings. The van der Waals surface area contributed by atoms with Crippen molar-refractivity contribution in [3.63, 3.8) is 0 Å². The standard InChI is InChI=1S/C45H44N8.C2H6/c1-5-35-36(6-2)48-42(41(47-35)46-31-19-9-7-10-20-31)49-37-25-15-13-23-33(37)45(4)30(3)29-53(32-21-11-8-12-22-32)44-43(50-38-26-16-14-24-34(38)45)51-39-27-17-18-28-40(39)52-44;1-2/h5-16,19-28,30H,17-18,29H2,1-4H3,(H,46,47)(H,48,49)(H,50,51);1-2H3/b35-5+,36-6+;. The molecule has 0 saturated heterocycles. The Labute approximate surface area is 324 Å². The number of hydrogen-bond acceptors (Lipinski definition) is 8. The molecule has 1 aliphatic carbocycles. The molecule has 3 N–H and O–H groups in total. The summed E-state index contributed by atoms with van der Waals surface area (Å²) in [5.74, 6) is 2.95. The van der Waals surface area contributed by atoms with Crippen molar-refractivity contribution in [1.82, 2.24) is 19.9 Å². The highest BCUT2D eigenvalue weighted by Gasteiger charge is 2.41. The zero-order chi connectivity index (χ0) is 38.4. The fourth-order valence-electron chi connectivity index (χ4n) is 7.58. The van der Waals surface area contributed by atoms with Crippen LogP contribution in [-0.4, -0.2) is 26.5 Å².